The first kappa shape index (κ1) is 33.1. The van der Waals surface area contributed by atoms with Crippen LogP contribution in [0, 0.1) is 0 Å². The molecule has 0 radical (unpaired) electrons. The molecule has 0 aromatic heterocycles. The first-order valence-electron chi connectivity index (χ1n) is 8.41. The van der Waals surface area contributed by atoms with Gasteiger partial charge in [0.25, 0.3) is 0 Å². The van der Waals surface area contributed by atoms with Crippen molar-refractivity contribution in [2.24, 2.45) is 0 Å². The molecule has 0 aliphatic rings. The Morgan fingerprint density at radius 1 is 0.594 bits per heavy atom. The molecule has 2 aromatic rings. The zero-order valence-electron chi connectivity index (χ0n) is 17.1. The van der Waals surface area contributed by atoms with Gasteiger partial charge in [-0.1, -0.05) is 27.0 Å². The predicted octanol–water partition coefficient (Wildman–Crippen LogP) is 2.79. The zero-order chi connectivity index (χ0) is 23.1. The van der Waals surface area contributed by atoms with Gasteiger partial charge < -0.3 is 24.4 Å². The lowest BCUT2D eigenvalue weighted by Gasteiger charge is -2.00. The van der Waals surface area contributed by atoms with Crippen LogP contribution < -0.4 is 0 Å². The molecule has 0 bridgehead atoms. The van der Waals surface area contributed by atoms with E-state index in [-0.39, 0.29) is 20.6 Å². The Bertz CT molecular complexity index is 684. The Morgan fingerprint density at radius 2 is 0.812 bits per heavy atom. The number of carbonyl (C=O) groups is 4. The number of benzene rings is 2. The number of esters is 3. The highest BCUT2D eigenvalue weighted by Crippen LogP contribution is 2.07. The molecule has 0 saturated carbocycles. The number of carbonyl (C=O) groups excluding carboxylic acids is 4. The molecule has 2 rings (SSSR count). The summed E-state index contributed by atoms with van der Waals surface area (Å²) >= 11 is 0. The van der Waals surface area contributed by atoms with E-state index in [1.165, 1.54) is 69.9 Å². The number of ketones is 1. The van der Waals surface area contributed by atoms with E-state index in [1.807, 2.05) is 0 Å². The average molecular weight is 453 g/mol. The van der Waals surface area contributed by atoms with Gasteiger partial charge in [0, 0.05) is 12.7 Å². The van der Waals surface area contributed by atoms with E-state index in [4.69, 9.17) is 10.2 Å². The molecule has 32 heavy (non-hydrogen) atoms. The van der Waals surface area contributed by atoms with E-state index in [9.17, 15) is 19.2 Å². The van der Waals surface area contributed by atoms with Crippen molar-refractivity contribution < 1.29 is 43.6 Å². The van der Waals surface area contributed by atoms with Crippen LogP contribution in [0.2, 0.25) is 0 Å². The van der Waals surface area contributed by atoms with Crippen LogP contribution in [0.25, 0.3) is 0 Å². The molecule has 0 unspecified atom stereocenters. The van der Waals surface area contributed by atoms with Crippen LogP contribution in [0.1, 0.15) is 56.3 Å². The standard InChI is InChI=1S/2C10H10O4.CH4O.2CH4/c1-13-9(11)7-3-5-8(6-4-7)10(12)14-2;1-14-10(13)8-4-2-7(3-5-8)9(12)6-11;1-2;;/h3-6H,1-2H3;2-5,11H,6H2,1H3;2H,1H3;2*1H4. The van der Waals surface area contributed by atoms with Crippen molar-refractivity contribution in [3.63, 3.8) is 0 Å². The van der Waals surface area contributed by atoms with E-state index in [2.05, 4.69) is 14.2 Å². The second kappa shape index (κ2) is 18.2. The fourth-order valence-corrected chi connectivity index (χ4v) is 1.98. The molecule has 2 N–H and O–H groups in total. The van der Waals surface area contributed by atoms with Gasteiger partial charge in [-0.15, -0.1) is 0 Å². The number of aliphatic hydroxyl groups excluding tert-OH is 2. The normalized spacial score (nSPS) is 8.44. The summed E-state index contributed by atoms with van der Waals surface area (Å²) in [4.78, 5) is 44.1. The van der Waals surface area contributed by atoms with Crippen molar-refractivity contribution in [1.29, 1.82) is 0 Å². The SMILES string of the molecule is C.C.CO.COC(=O)c1ccc(C(=O)CO)cc1.COC(=O)c1ccc(C(=O)OC)cc1. The van der Waals surface area contributed by atoms with E-state index in [0.29, 0.717) is 22.3 Å². The molecule has 9 heteroatoms. The molecule has 0 aliphatic carbocycles. The maximum Gasteiger partial charge on any atom is 0.337 e. The van der Waals surface area contributed by atoms with Crippen LogP contribution >= 0.6 is 0 Å². The van der Waals surface area contributed by atoms with Gasteiger partial charge in [0.2, 0.25) is 0 Å². The third kappa shape index (κ3) is 10.5. The highest BCUT2D eigenvalue weighted by molar-refractivity contribution is 5.98. The number of hydrogen-bond acceptors (Lipinski definition) is 9. The lowest BCUT2D eigenvalue weighted by atomic mass is 10.1. The van der Waals surface area contributed by atoms with E-state index in [1.54, 1.807) is 0 Å². The zero-order valence-corrected chi connectivity index (χ0v) is 17.1. The van der Waals surface area contributed by atoms with Crippen molar-refractivity contribution in [3.8, 4) is 0 Å². The quantitative estimate of drug-likeness (QED) is 0.398. The molecule has 0 heterocycles. The van der Waals surface area contributed by atoms with Crippen molar-refractivity contribution in [1.82, 2.24) is 0 Å². The van der Waals surface area contributed by atoms with Crippen LogP contribution in [-0.2, 0) is 14.2 Å². The average Bonchev–Trinajstić information content (AvgIpc) is 2.83. The molecule has 0 fully saturated rings. The topological polar surface area (TPSA) is 136 Å². The van der Waals surface area contributed by atoms with Crippen molar-refractivity contribution in [2.45, 2.75) is 14.9 Å². The van der Waals surface area contributed by atoms with Crippen molar-refractivity contribution in [3.05, 3.63) is 70.8 Å². The largest absolute Gasteiger partial charge is 0.465 e. The first-order valence-corrected chi connectivity index (χ1v) is 8.41. The Hall–Kier alpha value is -3.56. The molecular weight excluding hydrogens is 420 g/mol. The highest BCUT2D eigenvalue weighted by Gasteiger charge is 2.08. The van der Waals surface area contributed by atoms with Gasteiger partial charge in [-0.2, -0.15) is 0 Å². The van der Waals surface area contributed by atoms with Gasteiger partial charge in [0.1, 0.15) is 6.61 Å². The number of hydrogen-bond donors (Lipinski definition) is 2. The van der Waals surface area contributed by atoms with Crippen LogP contribution in [0.3, 0.4) is 0 Å². The predicted molar refractivity (Wildman–Crippen MR) is 120 cm³/mol. The third-order valence-electron chi connectivity index (χ3n) is 3.50. The van der Waals surface area contributed by atoms with Crippen LogP contribution in [-0.4, -0.2) is 69.0 Å². The molecule has 0 atom stereocenters. The smallest absolute Gasteiger partial charge is 0.337 e. The maximum absolute atomic E-state index is 11.0. The summed E-state index contributed by atoms with van der Waals surface area (Å²) in [6.45, 7) is -0.530. The summed E-state index contributed by atoms with van der Waals surface area (Å²) in [7, 11) is 4.89. The second-order valence-electron chi connectivity index (χ2n) is 5.21. The molecule has 178 valence electrons. The minimum atomic E-state index is -0.530. The summed E-state index contributed by atoms with van der Waals surface area (Å²) in [6.07, 6.45) is 0. The van der Waals surface area contributed by atoms with Gasteiger partial charge in [-0.3, -0.25) is 4.79 Å². The lowest BCUT2D eigenvalue weighted by Crippen LogP contribution is -2.06. The summed E-state index contributed by atoms with van der Waals surface area (Å²) < 4.78 is 13.5. The summed E-state index contributed by atoms with van der Waals surface area (Å²) in [5.74, 6) is -1.68. The molecule has 0 aliphatic heterocycles. The number of rotatable bonds is 5. The summed E-state index contributed by atoms with van der Waals surface area (Å²) in [5.41, 5.74) is 1.56. The molecule has 0 amide bonds. The van der Waals surface area contributed by atoms with Gasteiger partial charge in [0.05, 0.1) is 38.0 Å². The Labute approximate surface area is 188 Å². The van der Waals surface area contributed by atoms with Crippen LogP contribution in [0.15, 0.2) is 48.5 Å². The molecular formula is C23H32O9. The van der Waals surface area contributed by atoms with Crippen molar-refractivity contribution in [2.75, 3.05) is 35.0 Å². The van der Waals surface area contributed by atoms with Crippen molar-refractivity contribution >= 4 is 23.7 Å². The van der Waals surface area contributed by atoms with Gasteiger partial charge in [-0.25, -0.2) is 14.4 Å². The molecule has 9 nitrogen and oxygen atoms in total. The number of aliphatic hydroxyl groups is 2. The lowest BCUT2D eigenvalue weighted by molar-refractivity contribution is 0.0586. The number of methoxy groups -OCH3 is 3. The van der Waals surface area contributed by atoms with E-state index in [0.717, 1.165) is 7.11 Å². The molecule has 0 spiro atoms. The highest BCUT2D eigenvalue weighted by atomic mass is 16.5. The Balaban J connectivity index is -0.000000461. The molecule has 2 aromatic carbocycles. The van der Waals surface area contributed by atoms with E-state index >= 15 is 0 Å². The van der Waals surface area contributed by atoms with Crippen LogP contribution in [0.4, 0.5) is 0 Å². The Kier molecular flexibility index (Phi) is 18.8. The maximum atomic E-state index is 11.0. The summed E-state index contributed by atoms with van der Waals surface area (Å²) in [5, 5.41) is 15.6. The van der Waals surface area contributed by atoms with Gasteiger partial charge in [-0.05, 0) is 36.4 Å². The number of ether oxygens (including phenoxy) is 3. The fourth-order valence-electron chi connectivity index (χ4n) is 1.98. The first-order chi connectivity index (χ1) is 14.4. The van der Waals surface area contributed by atoms with E-state index < -0.39 is 24.5 Å². The minimum Gasteiger partial charge on any atom is -0.465 e. The third-order valence-corrected chi connectivity index (χ3v) is 3.50. The minimum absolute atomic E-state index is 0. The Morgan fingerprint density at radius 3 is 1.00 bits per heavy atom. The molecule has 0 saturated heterocycles. The monoisotopic (exact) mass is 452 g/mol. The van der Waals surface area contributed by atoms with Gasteiger partial charge >= 0.3 is 17.9 Å². The fraction of sp³-hybridized carbons (Fsp3) is 0.304. The van der Waals surface area contributed by atoms with Gasteiger partial charge in [0.15, 0.2) is 5.78 Å². The summed E-state index contributed by atoms with van der Waals surface area (Å²) in [6, 6.07) is 12.0. The van der Waals surface area contributed by atoms with Crippen LogP contribution in [0.5, 0.6) is 0 Å². The second-order valence-corrected chi connectivity index (χ2v) is 5.21. The number of Topliss-reactive ketones (excluding diaryl/α,β-unsaturated/α-hetero) is 1.